The van der Waals surface area contributed by atoms with Crippen molar-refractivity contribution in [1.82, 2.24) is 9.88 Å². The van der Waals surface area contributed by atoms with Crippen LogP contribution in [0, 0.1) is 19.8 Å². The van der Waals surface area contributed by atoms with Gasteiger partial charge in [-0.2, -0.15) is 0 Å². The highest BCUT2D eigenvalue weighted by molar-refractivity contribution is 7.91. The van der Waals surface area contributed by atoms with Crippen LogP contribution in [-0.4, -0.2) is 37.3 Å². The zero-order chi connectivity index (χ0) is 18.9. The maximum absolute atomic E-state index is 12.8. The number of amides is 1. The van der Waals surface area contributed by atoms with Crippen LogP contribution in [0.1, 0.15) is 41.3 Å². The van der Waals surface area contributed by atoms with Crippen molar-refractivity contribution >= 4 is 15.7 Å². The predicted molar refractivity (Wildman–Crippen MR) is 99.9 cm³/mol. The summed E-state index contributed by atoms with van der Waals surface area (Å²) in [5.74, 6) is 0.558. The predicted octanol–water partition coefficient (Wildman–Crippen LogP) is 3.40. The Morgan fingerprint density at radius 2 is 1.77 bits per heavy atom. The number of hydrogen-bond acceptors (Lipinski definition) is 4. The molecule has 1 amide bonds. The zero-order valence-corrected chi connectivity index (χ0v) is 16.2. The van der Waals surface area contributed by atoms with Gasteiger partial charge in [-0.05, 0) is 68.0 Å². The first-order valence-corrected chi connectivity index (χ1v) is 10.3. The Kier molecular flexibility index (Phi) is 5.14. The van der Waals surface area contributed by atoms with Crippen molar-refractivity contribution in [2.45, 2.75) is 43.5 Å². The van der Waals surface area contributed by atoms with E-state index in [9.17, 15) is 13.2 Å². The Bertz CT molecular complexity index is 913. The Labute approximate surface area is 155 Å². The second-order valence-electron chi connectivity index (χ2n) is 7.11. The second-order valence-corrected chi connectivity index (χ2v) is 9.01. The highest BCUT2D eigenvalue weighted by atomic mass is 32.2. The van der Waals surface area contributed by atoms with E-state index in [0.29, 0.717) is 11.5 Å². The van der Waals surface area contributed by atoms with Gasteiger partial charge >= 0.3 is 0 Å². The van der Waals surface area contributed by atoms with E-state index in [4.69, 9.17) is 0 Å². The fourth-order valence-corrected chi connectivity index (χ4v) is 4.32. The molecule has 0 aliphatic carbocycles. The van der Waals surface area contributed by atoms with Gasteiger partial charge in [0.25, 0.3) is 5.91 Å². The largest absolute Gasteiger partial charge is 0.339 e. The molecule has 1 aromatic heterocycles. The molecule has 1 aromatic carbocycles. The van der Waals surface area contributed by atoms with E-state index in [0.717, 1.165) is 37.1 Å². The van der Waals surface area contributed by atoms with E-state index in [1.54, 1.807) is 24.3 Å². The Balaban J connectivity index is 1.82. The number of aromatic nitrogens is 1. The third-order valence-corrected chi connectivity index (χ3v) is 6.78. The van der Waals surface area contributed by atoms with Crippen molar-refractivity contribution in [1.29, 1.82) is 0 Å². The van der Waals surface area contributed by atoms with Crippen molar-refractivity contribution in [3.63, 3.8) is 0 Å². The topological polar surface area (TPSA) is 67.3 Å². The molecule has 1 aliphatic rings. The number of benzene rings is 1. The van der Waals surface area contributed by atoms with Gasteiger partial charge in [-0.25, -0.2) is 13.4 Å². The van der Waals surface area contributed by atoms with Crippen LogP contribution in [0.15, 0.2) is 46.5 Å². The summed E-state index contributed by atoms with van der Waals surface area (Å²) in [6.45, 7) is 7.48. The summed E-state index contributed by atoms with van der Waals surface area (Å²) in [7, 11) is -3.69. The fraction of sp³-hybridized carbons (Fsp3) is 0.400. The van der Waals surface area contributed by atoms with Crippen LogP contribution < -0.4 is 0 Å². The summed E-state index contributed by atoms with van der Waals surface area (Å²) >= 11 is 0. The summed E-state index contributed by atoms with van der Waals surface area (Å²) in [4.78, 5) is 18.7. The van der Waals surface area contributed by atoms with E-state index in [2.05, 4.69) is 11.9 Å². The van der Waals surface area contributed by atoms with E-state index in [1.807, 2.05) is 18.7 Å². The summed E-state index contributed by atoms with van der Waals surface area (Å²) in [5, 5.41) is -0.0374. The Morgan fingerprint density at radius 3 is 2.35 bits per heavy atom. The lowest BCUT2D eigenvalue weighted by molar-refractivity contribution is 0.0696. The van der Waals surface area contributed by atoms with E-state index < -0.39 is 9.84 Å². The molecule has 0 N–H and O–H groups in total. The van der Waals surface area contributed by atoms with Crippen LogP contribution in [0.4, 0.5) is 0 Å². The van der Waals surface area contributed by atoms with E-state index >= 15 is 0 Å². The fourth-order valence-electron chi connectivity index (χ4n) is 3.06. The van der Waals surface area contributed by atoms with Gasteiger partial charge in [-0.1, -0.05) is 13.0 Å². The number of carbonyl (C=O) groups excluding carboxylic acids is 1. The zero-order valence-electron chi connectivity index (χ0n) is 15.4. The standard InChI is InChI=1S/C20H24N2O3S/c1-14-8-10-22(11-9-14)20(23)17-5-7-19(21-13-17)26(24,25)18-6-4-15(2)16(3)12-18/h4-7,12-14H,8-11H2,1-3H3. The molecule has 0 unspecified atom stereocenters. The molecule has 1 saturated heterocycles. The number of rotatable bonds is 3. The first-order chi connectivity index (χ1) is 12.3. The minimum atomic E-state index is -3.69. The number of nitrogens with zero attached hydrogens (tertiary/aromatic N) is 2. The quantitative estimate of drug-likeness (QED) is 0.828. The average molecular weight is 372 g/mol. The summed E-state index contributed by atoms with van der Waals surface area (Å²) in [5.41, 5.74) is 2.38. The lowest BCUT2D eigenvalue weighted by Gasteiger charge is -2.30. The molecule has 0 bridgehead atoms. The molecular formula is C20H24N2O3S. The van der Waals surface area contributed by atoms with Gasteiger partial charge in [-0.15, -0.1) is 0 Å². The van der Waals surface area contributed by atoms with Crippen molar-refractivity contribution in [3.05, 3.63) is 53.2 Å². The molecule has 0 spiro atoms. The molecule has 2 aromatic rings. The highest BCUT2D eigenvalue weighted by Gasteiger charge is 2.23. The number of piperidine rings is 1. The van der Waals surface area contributed by atoms with Gasteiger partial charge < -0.3 is 4.90 Å². The maximum Gasteiger partial charge on any atom is 0.255 e. The number of pyridine rings is 1. The van der Waals surface area contributed by atoms with Crippen LogP contribution in [0.25, 0.3) is 0 Å². The van der Waals surface area contributed by atoms with Gasteiger partial charge in [0, 0.05) is 19.3 Å². The van der Waals surface area contributed by atoms with Gasteiger partial charge in [0.2, 0.25) is 9.84 Å². The minimum absolute atomic E-state index is 0.0374. The molecule has 0 radical (unpaired) electrons. The first kappa shape index (κ1) is 18.6. The van der Waals surface area contributed by atoms with Gasteiger partial charge in [0.1, 0.15) is 0 Å². The van der Waals surface area contributed by atoms with Crippen molar-refractivity contribution < 1.29 is 13.2 Å². The third-order valence-electron chi connectivity index (χ3n) is 5.12. The van der Waals surface area contributed by atoms with Gasteiger partial charge in [0.15, 0.2) is 5.03 Å². The first-order valence-electron chi connectivity index (χ1n) is 8.86. The maximum atomic E-state index is 12.8. The van der Waals surface area contributed by atoms with Crippen molar-refractivity contribution in [2.24, 2.45) is 5.92 Å². The molecule has 5 nitrogen and oxygen atoms in total. The molecule has 3 rings (SSSR count). The molecule has 0 atom stereocenters. The lowest BCUT2D eigenvalue weighted by Crippen LogP contribution is -2.37. The SMILES string of the molecule is Cc1ccc(S(=O)(=O)c2ccc(C(=O)N3CCC(C)CC3)cn2)cc1C. The molecule has 1 aliphatic heterocycles. The third kappa shape index (κ3) is 3.65. The van der Waals surface area contributed by atoms with Crippen LogP contribution in [-0.2, 0) is 9.84 Å². The van der Waals surface area contributed by atoms with Crippen LogP contribution in [0.2, 0.25) is 0 Å². The summed E-state index contributed by atoms with van der Waals surface area (Å²) in [6.07, 6.45) is 3.37. The minimum Gasteiger partial charge on any atom is -0.339 e. The number of hydrogen-bond donors (Lipinski definition) is 0. The number of aryl methyl sites for hydroxylation is 2. The molecule has 2 heterocycles. The van der Waals surface area contributed by atoms with Crippen molar-refractivity contribution in [2.75, 3.05) is 13.1 Å². The van der Waals surface area contributed by atoms with E-state index in [-0.39, 0.29) is 15.8 Å². The van der Waals surface area contributed by atoms with Gasteiger partial charge in [-0.3, -0.25) is 4.79 Å². The number of sulfone groups is 1. The Morgan fingerprint density at radius 1 is 1.08 bits per heavy atom. The van der Waals surface area contributed by atoms with Crippen LogP contribution >= 0.6 is 0 Å². The summed E-state index contributed by atoms with van der Waals surface area (Å²) < 4.78 is 25.5. The molecule has 0 saturated carbocycles. The molecular weight excluding hydrogens is 348 g/mol. The smallest absolute Gasteiger partial charge is 0.255 e. The van der Waals surface area contributed by atoms with Crippen molar-refractivity contribution in [3.8, 4) is 0 Å². The monoisotopic (exact) mass is 372 g/mol. The summed E-state index contributed by atoms with van der Waals surface area (Å²) in [6, 6.07) is 8.01. The highest BCUT2D eigenvalue weighted by Crippen LogP contribution is 2.23. The van der Waals surface area contributed by atoms with Crippen LogP contribution in [0.3, 0.4) is 0 Å². The molecule has 26 heavy (non-hydrogen) atoms. The molecule has 6 heteroatoms. The lowest BCUT2D eigenvalue weighted by atomic mass is 9.99. The van der Waals surface area contributed by atoms with Crippen LogP contribution in [0.5, 0.6) is 0 Å². The molecule has 1 fully saturated rings. The number of carbonyl (C=O) groups is 1. The van der Waals surface area contributed by atoms with E-state index in [1.165, 1.54) is 12.3 Å². The Hall–Kier alpha value is -2.21. The normalized spacial score (nSPS) is 15.9. The number of likely N-dealkylation sites (tertiary alicyclic amines) is 1. The molecule has 138 valence electrons. The second kappa shape index (κ2) is 7.19. The average Bonchev–Trinajstić information content (AvgIpc) is 2.64. The van der Waals surface area contributed by atoms with Gasteiger partial charge in [0.05, 0.1) is 10.5 Å².